The van der Waals surface area contributed by atoms with Crippen LogP contribution >= 0.6 is 27.7 Å². The van der Waals surface area contributed by atoms with Crippen molar-refractivity contribution in [2.75, 3.05) is 11.5 Å². The molecule has 0 saturated heterocycles. The summed E-state index contributed by atoms with van der Waals surface area (Å²) in [5.41, 5.74) is 0.730. The highest BCUT2D eigenvalue weighted by Gasteiger charge is 2.13. The van der Waals surface area contributed by atoms with Crippen LogP contribution in [0, 0.1) is 5.82 Å². The second-order valence-corrected chi connectivity index (χ2v) is 6.75. The van der Waals surface area contributed by atoms with Gasteiger partial charge >= 0.3 is 0 Å². The maximum absolute atomic E-state index is 13.8. The fourth-order valence-corrected chi connectivity index (χ4v) is 3.00. The van der Waals surface area contributed by atoms with Gasteiger partial charge in [0.2, 0.25) is 0 Å². The van der Waals surface area contributed by atoms with Crippen LogP contribution in [0.25, 0.3) is 0 Å². The molecule has 2 unspecified atom stereocenters. The van der Waals surface area contributed by atoms with Crippen molar-refractivity contribution in [1.29, 1.82) is 0 Å². The Kier molecular flexibility index (Phi) is 7.27. The first-order valence-corrected chi connectivity index (χ1v) is 8.28. The van der Waals surface area contributed by atoms with E-state index in [9.17, 15) is 4.39 Å². The fraction of sp³-hybridized carbons (Fsp3) is 0.571. The molecule has 0 aliphatic rings. The van der Waals surface area contributed by atoms with Crippen molar-refractivity contribution in [2.24, 2.45) is 0 Å². The zero-order valence-corrected chi connectivity index (χ0v) is 13.6. The number of thioether (sulfide) groups is 1. The van der Waals surface area contributed by atoms with Crippen LogP contribution in [0.3, 0.4) is 0 Å². The Bertz CT molecular complexity index is 373. The summed E-state index contributed by atoms with van der Waals surface area (Å²) in [6, 6.07) is 5.69. The molecule has 1 aromatic rings. The second-order valence-electron chi connectivity index (χ2n) is 4.44. The second kappa shape index (κ2) is 8.18. The molecule has 0 amide bonds. The van der Waals surface area contributed by atoms with Crippen molar-refractivity contribution in [1.82, 2.24) is 5.32 Å². The molecule has 0 spiro atoms. The molecule has 4 heteroatoms. The molecular formula is C14H21BrFNS. The average molecular weight is 334 g/mol. The summed E-state index contributed by atoms with van der Waals surface area (Å²) < 4.78 is 14.6. The van der Waals surface area contributed by atoms with Crippen LogP contribution in [0.2, 0.25) is 0 Å². The lowest BCUT2D eigenvalue weighted by Gasteiger charge is -2.20. The van der Waals surface area contributed by atoms with Crippen molar-refractivity contribution >= 4 is 27.7 Å². The van der Waals surface area contributed by atoms with Gasteiger partial charge in [0.25, 0.3) is 0 Å². The van der Waals surface area contributed by atoms with Crippen LogP contribution in [0.1, 0.15) is 38.8 Å². The fourth-order valence-electron chi connectivity index (χ4n) is 1.86. The molecule has 0 aliphatic heterocycles. The number of hydrogen-bond donors (Lipinski definition) is 1. The maximum Gasteiger partial charge on any atom is 0.129 e. The minimum absolute atomic E-state index is 0.0414. The first-order chi connectivity index (χ1) is 8.54. The van der Waals surface area contributed by atoms with E-state index in [0.29, 0.717) is 6.04 Å². The Morgan fingerprint density at radius 1 is 1.39 bits per heavy atom. The molecule has 0 bridgehead atoms. The molecule has 0 radical (unpaired) electrons. The van der Waals surface area contributed by atoms with Crippen LogP contribution in [0.4, 0.5) is 4.39 Å². The Morgan fingerprint density at radius 3 is 2.72 bits per heavy atom. The Balaban J connectivity index is 2.51. The van der Waals surface area contributed by atoms with Gasteiger partial charge in [-0.25, -0.2) is 4.39 Å². The minimum Gasteiger partial charge on any atom is -0.308 e. The minimum atomic E-state index is -0.153. The topological polar surface area (TPSA) is 12.0 Å². The molecular weight excluding hydrogens is 313 g/mol. The number of nitrogens with one attached hydrogen (secondary N) is 1. The van der Waals surface area contributed by atoms with Crippen LogP contribution in [0.5, 0.6) is 0 Å². The SMILES string of the molecule is CCSCCC(C)NC(C)c1ccc(Br)cc1F. The number of benzene rings is 1. The van der Waals surface area contributed by atoms with Gasteiger partial charge in [-0.1, -0.05) is 28.9 Å². The van der Waals surface area contributed by atoms with Crippen LogP contribution in [-0.4, -0.2) is 17.5 Å². The lowest BCUT2D eigenvalue weighted by atomic mass is 10.1. The highest BCUT2D eigenvalue weighted by Crippen LogP contribution is 2.21. The number of rotatable bonds is 7. The van der Waals surface area contributed by atoms with Gasteiger partial charge in [0.15, 0.2) is 0 Å². The molecule has 1 rings (SSSR count). The maximum atomic E-state index is 13.8. The van der Waals surface area contributed by atoms with Crippen LogP contribution in [-0.2, 0) is 0 Å². The predicted octanol–water partition coefficient (Wildman–Crippen LogP) is 4.77. The summed E-state index contributed by atoms with van der Waals surface area (Å²) in [5, 5.41) is 3.45. The molecule has 1 nitrogen and oxygen atoms in total. The first-order valence-electron chi connectivity index (χ1n) is 6.33. The summed E-state index contributed by atoms with van der Waals surface area (Å²) in [7, 11) is 0. The molecule has 0 fully saturated rings. The van der Waals surface area contributed by atoms with E-state index in [1.807, 2.05) is 30.8 Å². The van der Waals surface area contributed by atoms with Gasteiger partial charge in [0, 0.05) is 22.1 Å². The normalized spacial score (nSPS) is 14.5. The van der Waals surface area contributed by atoms with Gasteiger partial charge in [-0.2, -0.15) is 11.8 Å². The Hall–Kier alpha value is -0.0600. The number of halogens is 2. The highest BCUT2D eigenvalue weighted by atomic mass is 79.9. The predicted molar refractivity (Wildman–Crippen MR) is 82.7 cm³/mol. The smallest absolute Gasteiger partial charge is 0.129 e. The molecule has 0 aliphatic carbocycles. The van der Waals surface area contributed by atoms with E-state index in [0.717, 1.165) is 28.0 Å². The van der Waals surface area contributed by atoms with Crippen molar-refractivity contribution in [3.8, 4) is 0 Å². The highest BCUT2D eigenvalue weighted by molar-refractivity contribution is 9.10. The van der Waals surface area contributed by atoms with Gasteiger partial charge < -0.3 is 5.32 Å². The van der Waals surface area contributed by atoms with E-state index < -0.39 is 0 Å². The molecule has 0 heterocycles. The van der Waals surface area contributed by atoms with Crippen LogP contribution < -0.4 is 5.32 Å². The summed E-state index contributed by atoms with van der Waals surface area (Å²) in [5.74, 6) is 2.16. The summed E-state index contributed by atoms with van der Waals surface area (Å²) in [6.45, 7) is 6.34. The van der Waals surface area contributed by atoms with Gasteiger partial charge in [0.1, 0.15) is 5.82 Å². The van der Waals surface area contributed by atoms with E-state index in [2.05, 4.69) is 35.1 Å². The van der Waals surface area contributed by atoms with Crippen molar-refractivity contribution < 1.29 is 4.39 Å². The van der Waals surface area contributed by atoms with Gasteiger partial charge in [0.05, 0.1) is 0 Å². The van der Waals surface area contributed by atoms with Crippen molar-refractivity contribution in [3.63, 3.8) is 0 Å². The monoisotopic (exact) mass is 333 g/mol. The molecule has 0 saturated carbocycles. The van der Waals surface area contributed by atoms with Crippen LogP contribution in [0.15, 0.2) is 22.7 Å². The van der Waals surface area contributed by atoms with Gasteiger partial charge in [-0.15, -0.1) is 0 Å². The average Bonchev–Trinajstić information content (AvgIpc) is 2.28. The Morgan fingerprint density at radius 2 is 2.11 bits per heavy atom. The van der Waals surface area contributed by atoms with E-state index in [1.54, 1.807) is 0 Å². The van der Waals surface area contributed by atoms with E-state index in [1.165, 1.54) is 6.07 Å². The molecule has 102 valence electrons. The summed E-state index contributed by atoms with van der Waals surface area (Å²) >= 11 is 5.22. The van der Waals surface area contributed by atoms with Gasteiger partial charge in [-0.05, 0) is 43.9 Å². The third kappa shape index (κ3) is 5.29. The number of hydrogen-bond acceptors (Lipinski definition) is 2. The first kappa shape index (κ1) is 16.0. The quantitative estimate of drug-likeness (QED) is 0.721. The van der Waals surface area contributed by atoms with E-state index >= 15 is 0 Å². The van der Waals surface area contributed by atoms with Gasteiger partial charge in [-0.3, -0.25) is 0 Å². The molecule has 18 heavy (non-hydrogen) atoms. The Labute approximate surface area is 122 Å². The lowest BCUT2D eigenvalue weighted by molar-refractivity contribution is 0.456. The zero-order valence-electron chi connectivity index (χ0n) is 11.2. The molecule has 2 atom stereocenters. The zero-order chi connectivity index (χ0) is 13.5. The van der Waals surface area contributed by atoms with E-state index in [4.69, 9.17) is 0 Å². The summed E-state index contributed by atoms with van der Waals surface area (Å²) in [4.78, 5) is 0. The molecule has 0 aromatic heterocycles. The molecule has 1 aromatic carbocycles. The lowest BCUT2D eigenvalue weighted by Crippen LogP contribution is -2.29. The third-order valence-electron chi connectivity index (χ3n) is 2.86. The molecule has 1 N–H and O–H groups in total. The van der Waals surface area contributed by atoms with Crippen molar-refractivity contribution in [2.45, 2.75) is 39.3 Å². The van der Waals surface area contributed by atoms with E-state index in [-0.39, 0.29) is 11.9 Å². The third-order valence-corrected chi connectivity index (χ3v) is 4.29. The summed E-state index contributed by atoms with van der Waals surface area (Å²) in [6.07, 6.45) is 1.11. The van der Waals surface area contributed by atoms with Crippen molar-refractivity contribution in [3.05, 3.63) is 34.1 Å². The largest absolute Gasteiger partial charge is 0.308 e. The standard InChI is InChI=1S/C14H21BrFNS/c1-4-18-8-7-10(2)17-11(3)13-6-5-12(15)9-14(13)16/h5-6,9-11,17H,4,7-8H2,1-3H3.